The smallest absolute Gasteiger partial charge is 0.254 e. The summed E-state index contributed by atoms with van der Waals surface area (Å²) in [4.78, 5) is 14.4. The molecular weight excluding hydrogens is 279 g/mol. The number of hydrogen-bond acceptors (Lipinski definition) is 2. The highest BCUT2D eigenvalue weighted by Crippen LogP contribution is 2.27. The van der Waals surface area contributed by atoms with Crippen LogP contribution in [0, 0.1) is 24.6 Å². The number of hydrogen-bond donors (Lipinski definition) is 1. The second kappa shape index (κ2) is 6.10. The Kier molecular flexibility index (Phi) is 4.66. The first kappa shape index (κ1) is 15.3. The van der Waals surface area contributed by atoms with E-state index in [1.54, 1.807) is 13.0 Å². The van der Waals surface area contributed by atoms with Gasteiger partial charge in [0, 0.05) is 18.7 Å². The Balaban J connectivity index is 0.00000147. The number of nitrogens with one attached hydrogen (secondary N) is 1. The molecule has 20 heavy (non-hydrogen) atoms. The monoisotopic (exact) mass is 298 g/mol. The number of benzene rings is 1. The number of likely N-dealkylation sites (tertiary alicyclic amines) is 1. The summed E-state index contributed by atoms with van der Waals surface area (Å²) in [6, 6.07) is 4.40. The Bertz CT molecular complexity index is 509. The van der Waals surface area contributed by atoms with Crippen LogP contribution in [0.1, 0.15) is 22.3 Å². The van der Waals surface area contributed by atoms with Crippen LogP contribution in [-0.4, -0.2) is 37.0 Å². The topological polar surface area (TPSA) is 32.3 Å². The van der Waals surface area contributed by atoms with Gasteiger partial charge in [-0.1, -0.05) is 0 Å². The Morgan fingerprint density at radius 3 is 2.85 bits per heavy atom. The van der Waals surface area contributed by atoms with Crippen molar-refractivity contribution in [3.05, 3.63) is 35.1 Å². The molecule has 0 aliphatic carbocycles. The van der Waals surface area contributed by atoms with Gasteiger partial charge >= 0.3 is 0 Å². The molecule has 1 aromatic carbocycles. The Hall–Kier alpha value is -1.13. The summed E-state index contributed by atoms with van der Waals surface area (Å²) in [5.41, 5.74) is 1.35. The molecule has 0 bridgehead atoms. The molecule has 2 atom stereocenters. The predicted octanol–water partition coefficient (Wildman–Crippen LogP) is 2.24. The van der Waals surface area contributed by atoms with Gasteiger partial charge in [0.05, 0.1) is 0 Å². The lowest BCUT2D eigenvalue weighted by atomic mass is 9.88. The maximum atomic E-state index is 13.1. The van der Waals surface area contributed by atoms with E-state index in [9.17, 15) is 9.18 Å². The first-order valence-electron chi connectivity index (χ1n) is 6.91. The number of halogens is 2. The van der Waals surface area contributed by atoms with Crippen LogP contribution in [0.4, 0.5) is 4.39 Å². The summed E-state index contributed by atoms with van der Waals surface area (Å²) < 4.78 is 13.1. The molecule has 1 N–H and O–H groups in total. The van der Waals surface area contributed by atoms with Crippen molar-refractivity contribution in [2.75, 3.05) is 26.2 Å². The minimum absolute atomic E-state index is 0. The largest absolute Gasteiger partial charge is 0.338 e. The molecule has 2 fully saturated rings. The van der Waals surface area contributed by atoms with Crippen LogP contribution in [0.5, 0.6) is 0 Å². The van der Waals surface area contributed by atoms with Gasteiger partial charge in [-0.2, -0.15) is 0 Å². The van der Waals surface area contributed by atoms with Crippen molar-refractivity contribution in [2.45, 2.75) is 13.3 Å². The number of nitrogens with zero attached hydrogens (tertiary/aromatic N) is 1. The zero-order chi connectivity index (χ0) is 13.4. The van der Waals surface area contributed by atoms with Crippen molar-refractivity contribution in [3.63, 3.8) is 0 Å². The highest BCUT2D eigenvalue weighted by molar-refractivity contribution is 5.95. The zero-order valence-electron chi connectivity index (χ0n) is 11.6. The van der Waals surface area contributed by atoms with Crippen molar-refractivity contribution in [2.24, 2.45) is 11.8 Å². The van der Waals surface area contributed by atoms with Crippen molar-refractivity contribution >= 4 is 18.3 Å². The third-order valence-electron chi connectivity index (χ3n) is 4.41. The van der Waals surface area contributed by atoms with Crippen molar-refractivity contribution < 1.29 is 9.18 Å². The molecule has 0 spiro atoms. The Morgan fingerprint density at radius 2 is 2.10 bits per heavy atom. The quantitative estimate of drug-likeness (QED) is 0.862. The maximum absolute atomic E-state index is 13.1. The number of carbonyl (C=O) groups excluding carboxylic acids is 1. The van der Waals surface area contributed by atoms with Gasteiger partial charge in [-0.25, -0.2) is 4.39 Å². The number of piperidine rings is 1. The van der Waals surface area contributed by atoms with Crippen LogP contribution in [0.15, 0.2) is 18.2 Å². The van der Waals surface area contributed by atoms with Gasteiger partial charge in [-0.05, 0) is 62.0 Å². The molecular formula is C15H20ClFN2O. The summed E-state index contributed by atoms with van der Waals surface area (Å²) in [7, 11) is 0. The van der Waals surface area contributed by atoms with E-state index in [-0.39, 0.29) is 24.1 Å². The van der Waals surface area contributed by atoms with E-state index in [1.807, 2.05) is 4.90 Å². The second-order valence-corrected chi connectivity index (χ2v) is 5.68. The van der Waals surface area contributed by atoms with Gasteiger partial charge in [0.25, 0.3) is 5.91 Å². The van der Waals surface area contributed by atoms with Crippen LogP contribution < -0.4 is 5.32 Å². The van der Waals surface area contributed by atoms with E-state index >= 15 is 0 Å². The molecule has 2 aliphatic rings. The normalized spacial score (nSPS) is 25.0. The molecule has 2 saturated heterocycles. The van der Waals surface area contributed by atoms with Crippen LogP contribution in [0.2, 0.25) is 0 Å². The third-order valence-corrected chi connectivity index (χ3v) is 4.41. The minimum Gasteiger partial charge on any atom is -0.338 e. The van der Waals surface area contributed by atoms with E-state index < -0.39 is 0 Å². The molecule has 0 radical (unpaired) electrons. The summed E-state index contributed by atoms with van der Waals surface area (Å²) in [6.45, 7) is 5.53. The number of carbonyl (C=O) groups is 1. The number of rotatable bonds is 1. The van der Waals surface area contributed by atoms with E-state index in [0.717, 1.165) is 44.1 Å². The lowest BCUT2D eigenvalue weighted by Gasteiger charge is -2.34. The minimum atomic E-state index is -0.284. The first-order valence-corrected chi connectivity index (χ1v) is 6.91. The molecule has 0 saturated carbocycles. The fraction of sp³-hybridized carbons (Fsp3) is 0.533. The average Bonchev–Trinajstić information content (AvgIpc) is 2.85. The van der Waals surface area contributed by atoms with Gasteiger partial charge in [0.15, 0.2) is 0 Å². The Labute approximate surface area is 124 Å². The number of fused-ring (bicyclic) bond motifs is 1. The maximum Gasteiger partial charge on any atom is 0.254 e. The van der Waals surface area contributed by atoms with Crippen molar-refractivity contribution in [3.8, 4) is 0 Å². The molecule has 110 valence electrons. The van der Waals surface area contributed by atoms with Gasteiger partial charge in [-0.15, -0.1) is 12.4 Å². The van der Waals surface area contributed by atoms with Gasteiger partial charge in [0.2, 0.25) is 0 Å². The Morgan fingerprint density at radius 1 is 1.35 bits per heavy atom. The van der Waals surface area contributed by atoms with E-state index in [0.29, 0.717) is 11.5 Å². The van der Waals surface area contributed by atoms with Crippen molar-refractivity contribution in [1.82, 2.24) is 10.2 Å². The molecule has 1 amide bonds. The van der Waals surface area contributed by atoms with Crippen LogP contribution in [0.25, 0.3) is 0 Å². The summed E-state index contributed by atoms with van der Waals surface area (Å²) in [6.07, 6.45) is 1.07. The molecule has 3 nitrogen and oxygen atoms in total. The van der Waals surface area contributed by atoms with Crippen LogP contribution in [0.3, 0.4) is 0 Å². The molecule has 2 aliphatic heterocycles. The lowest BCUT2D eigenvalue weighted by molar-refractivity contribution is 0.0641. The highest BCUT2D eigenvalue weighted by Gasteiger charge is 2.34. The van der Waals surface area contributed by atoms with E-state index in [1.165, 1.54) is 12.1 Å². The molecule has 0 aromatic heterocycles. The molecule has 1 aromatic rings. The van der Waals surface area contributed by atoms with Crippen LogP contribution in [-0.2, 0) is 0 Å². The van der Waals surface area contributed by atoms with Crippen molar-refractivity contribution in [1.29, 1.82) is 0 Å². The lowest BCUT2D eigenvalue weighted by Crippen LogP contribution is -2.43. The SMILES string of the molecule is Cc1cc(F)ccc1C(=O)N1CCC2CNCC2C1.Cl. The standard InChI is InChI=1S/C15H19FN2O.ClH/c1-10-6-13(16)2-3-14(10)15(19)18-5-4-11-7-17-8-12(11)9-18;/h2-3,6,11-12,17H,4-5,7-9H2,1H3;1H. The molecule has 2 unspecified atom stereocenters. The predicted molar refractivity (Wildman–Crippen MR) is 78.8 cm³/mol. The van der Waals surface area contributed by atoms with Gasteiger partial charge in [-0.3, -0.25) is 4.79 Å². The molecule has 2 heterocycles. The molecule has 3 rings (SSSR count). The summed E-state index contributed by atoms with van der Waals surface area (Å²) >= 11 is 0. The molecule has 5 heteroatoms. The zero-order valence-corrected chi connectivity index (χ0v) is 12.4. The highest BCUT2D eigenvalue weighted by atomic mass is 35.5. The summed E-state index contributed by atoms with van der Waals surface area (Å²) in [5, 5.41) is 3.39. The first-order chi connectivity index (χ1) is 9.15. The van der Waals surface area contributed by atoms with Crippen LogP contribution >= 0.6 is 12.4 Å². The summed E-state index contributed by atoms with van der Waals surface area (Å²) in [5.74, 6) is 1.06. The number of aryl methyl sites for hydroxylation is 1. The van der Waals surface area contributed by atoms with Gasteiger partial charge in [0.1, 0.15) is 5.82 Å². The third kappa shape index (κ3) is 2.81. The van der Waals surface area contributed by atoms with Gasteiger partial charge < -0.3 is 10.2 Å². The number of amides is 1. The van der Waals surface area contributed by atoms with E-state index in [4.69, 9.17) is 0 Å². The fourth-order valence-corrected chi connectivity index (χ4v) is 3.26. The average molecular weight is 299 g/mol. The fourth-order valence-electron chi connectivity index (χ4n) is 3.26. The van der Waals surface area contributed by atoms with E-state index in [2.05, 4.69) is 5.32 Å². The second-order valence-electron chi connectivity index (χ2n) is 5.68.